The molecule has 2 aromatic carbocycles. The number of rotatable bonds is 8. The number of amides is 1. The average molecular weight is 399 g/mol. The third kappa shape index (κ3) is 5.01. The van der Waals surface area contributed by atoms with Crippen LogP contribution in [-0.4, -0.2) is 50.3 Å². The van der Waals surface area contributed by atoms with Crippen molar-refractivity contribution >= 4 is 5.91 Å². The lowest BCUT2D eigenvalue weighted by Crippen LogP contribution is -2.42. The molecule has 0 N–H and O–H groups in total. The summed E-state index contributed by atoms with van der Waals surface area (Å²) in [6.45, 7) is 8.67. The van der Waals surface area contributed by atoms with E-state index in [0.717, 1.165) is 5.56 Å². The largest absolute Gasteiger partial charge is 0.490 e. The zero-order valence-corrected chi connectivity index (χ0v) is 17.3. The Balaban J connectivity index is 1.87. The van der Waals surface area contributed by atoms with Gasteiger partial charge in [-0.2, -0.15) is 0 Å². The highest BCUT2D eigenvalue weighted by molar-refractivity contribution is 5.95. The number of hydrogen-bond acceptors (Lipinski definition) is 5. The monoisotopic (exact) mass is 399 g/mol. The van der Waals surface area contributed by atoms with Crippen molar-refractivity contribution < 1.29 is 23.7 Å². The number of nitrogens with zero attached hydrogens (tertiary/aromatic N) is 1. The maximum Gasteiger partial charge on any atom is 0.254 e. The van der Waals surface area contributed by atoms with Crippen LogP contribution in [0.25, 0.3) is 0 Å². The molecule has 0 radical (unpaired) electrons. The second kappa shape index (κ2) is 10.2. The van der Waals surface area contributed by atoms with Crippen molar-refractivity contribution in [2.75, 3.05) is 39.5 Å². The first kappa shape index (κ1) is 21.0. The molecule has 0 unspecified atom stereocenters. The molecule has 0 saturated carbocycles. The summed E-state index contributed by atoms with van der Waals surface area (Å²) in [5, 5.41) is 0. The van der Waals surface area contributed by atoms with Crippen molar-refractivity contribution in [1.29, 1.82) is 0 Å². The summed E-state index contributed by atoms with van der Waals surface area (Å²) >= 11 is 0. The van der Waals surface area contributed by atoms with Gasteiger partial charge in [0.15, 0.2) is 11.5 Å². The van der Waals surface area contributed by atoms with Gasteiger partial charge in [-0.25, -0.2) is 0 Å². The van der Waals surface area contributed by atoms with E-state index < -0.39 is 0 Å². The van der Waals surface area contributed by atoms with E-state index in [1.54, 1.807) is 12.1 Å². The summed E-state index contributed by atoms with van der Waals surface area (Å²) in [6.07, 6.45) is -0.130. The van der Waals surface area contributed by atoms with Gasteiger partial charge in [0.2, 0.25) is 5.75 Å². The van der Waals surface area contributed by atoms with Gasteiger partial charge in [-0.05, 0) is 38.5 Å². The number of morpholine rings is 1. The maximum atomic E-state index is 13.3. The second-order valence-corrected chi connectivity index (χ2v) is 6.62. The number of hydrogen-bond donors (Lipinski definition) is 0. The van der Waals surface area contributed by atoms with Gasteiger partial charge < -0.3 is 23.8 Å². The predicted molar refractivity (Wildman–Crippen MR) is 111 cm³/mol. The van der Waals surface area contributed by atoms with E-state index in [-0.39, 0.29) is 12.0 Å². The number of ether oxygens (including phenoxy) is 4. The predicted octanol–water partition coefficient (Wildman–Crippen LogP) is 4.10. The van der Waals surface area contributed by atoms with Crippen LogP contribution in [-0.2, 0) is 4.74 Å². The molecule has 3 rings (SSSR count). The quantitative estimate of drug-likeness (QED) is 0.669. The fourth-order valence-electron chi connectivity index (χ4n) is 3.40. The average Bonchev–Trinajstić information content (AvgIpc) is 2.76. The van der Waals surface area contributed by atoms with Crippen molar-refractivity contribution in [3.05, 3.63) is 53.6 Å². The molecule has 29 heavy (non-hydrogen) atoms. The number of carbonyl (C=O) groups excluding carboxylic acids is 1. The fraction of sp³-hybridized carbons (Fsp3) is 0.435. The molecule has 156 valence electrons. The third-order valence-electron chi connectivity index (χ3n) is 4.68. The van der Waals surface area contributed by atoms with Gasteiger partial charge in [0.1, 0.15) is 6.10 Å². The van der Waals surface area contributed by atoms with Crippen LogP contribution in [0.5, 0.6) is 17.2 Å². The van der Waals surface area contributed by atoms with E-state index in [9.17, 15) is 4.79 Å². The SMILES string of the molecule is CCOc1cc(C(=O)N2CCO[C@@H](c3ccccc3)C2)cc(OCC)c1OCC. The molecule has 1 saturated heterocycles. The molecule has 1 heterocycles. The van der Waals surface area contributed by atoms with E-state index >= 15 is 0 Å². The van der Waals surface area contributed by atoms with Crippen molar-refractivity contribution in [2.45, 2.75) is 26.9 Å². The van der Waals surface area contributed by atoms with Gasteiger partial charge >= 0.3 is 0 Å². The van der Waals surface area contributed by atoms with Gasteiger partial charge in [0.05, 0.1) is 33.0 Å². The Hall–Kier alpha value is -2.73. The first-order valence-electron chi connectivity index (χ1n) is 10.2. The van der Waals surface area contributed by atoms with Crippen molar-refractivity contribution in [3.8, 4) is 17.2 Å². The Bertz CT molecular complexity index is 781. The first-order chi connectivity index (χ1) is 14.2. The molecule has 1 fully saturated rings. The summed E-state index contributed by atoms with van der Waals surface area (Å²) in [6, 6.07) is 13.5. The summed E-state index contributed by atoms with van der Waals surface area (Å²) < 4.78 is 23.1. The molecule has 6 nitrogen and oxygen atoms in total. The van der Waals surface area contributed by atoms with Gasteiger partial charge in [-0.1, -0.05) is 30.3 Å². The molecule has 0 aliphatic carbocycles. The van der Waals surface area contributed by atoms with Crippen molar-refractivity contribution in [2.24, 2.45) is 0 Å². The zero-order valence-electron chi connectivity index (χ0n) is 17.3. The lowest BCUT2D eigenvalue weighted by Gasteiger charge is -2.33. The molecular weight excluding hydrogens is 370 g/mol. The highest BCUT2D eigenvalue weighted by Gasteiger charge is 2.28. The smallest absolute Gasteiger partial charge is 0.254 e. The summed E-state index contributed by atoms with van der Waals surface area (Å²) in [5.41, 5.74) is 1.59. The Kier molecular flexibility index (Phi) is 7.36. The third-order valence-corrected chi connectivity index (χ3v) is 4.68. The molecule has 1 aliphatic heterocycles. The normalized spacial score (nSPS) is 16.4. The van der Waals surface area contributed by atoms with E-state index in [1.165, 1.54) is 0 Å². The highest BCUT2D eigenvalue weighted by Crippen LogP contribution is 2.39. The van der Waals surface area contributed by atoms with Gasteiger partial charge in [-0.15, -0.1) is 0 Å². The summed E-state index contributed by atoms with van der Waals surface area (Å²) in [5.74, 6) is 1.52. The van der Waals surface area contributed by atoms with Crippen LogP contribution in [0.2, 0.25) is 0 Å². The standard InChI is InChI=1S/C23H29NO5/c1-4-26-19-14-18(15-20(27-5-2)22(19)28-6-3)23(25)24-12-13-29-21(16-24)17-10-8-7-9-11-17/h7-11,14-15,21H,4-6,12-13,16H2,1-3H3/t21-/m1/s1. The first-order valence-corrected chi connectivity index (χ1v) is 10.2. The van der Waals surface area contributed by atoms with Crippen LogP contribution in [0, 0.1) is 0 Å². The number of carbonyl (C=O) groups is 1. The Morgan fingerprint density at radius 2 is 1.62 bits per heavy atom. The minimum Gasteiger partial charge on any atom is -0.490 e. The minimum absolute atomic E-state index is 0.0702. The second-order valence-electron chi connectivity index (χ2n) is 6.62. The van der Waals surface area contributed by atoms with Gasteiger partial charge in [0, 0.05) is 12.1 Å². The molecule has 0 spiro atoms. The van der Waals surface area contributed by atoms with Crippen LogP contribution in [0.3, 0.4) is 0 Å². The maximum absolute atomic E-state index is 13.3. The Labute approximate surface area is 172 Å². The van der Waals surface area contributed by atoms with Crippen LogP contribution in [0.4, 0.5) is 0 Å². The van der Waals surface area contributed by atoms with Gasteiger partial charge in [0.25, 0.3) is 5.91 Å². The van der Waals surface area contributed by atoms with E-state index in [4.69, 9.17) is 18.9 Å². The van der Waals surface area contributed by atoms with E-state index in [0.29, 0.717) is 62.3 Å². The Morgan fingerprint density at radius 1 is 1.00 bits per heavy atom. The van der Waals surface area contributed by atoms with Crippen molar-refractivity contribution in [3.63, 3.8) is 0 Å². The lowest BCUT2D eigenvalue weighted by atomic mass is 10.1. The molecule has 1 amide bonds. The van der Waals surface area contributed by atoms with Crippen LogP contribution >= 0.6 is 0 Å². The van der Waals surface area contributed by atoms with Crippen molar-refractivity contribution in [1.82, 2.24) is 4.90 Å². The van der Waals surface area contributed by atoms with Crippen LogP contribution < -0.4 is 14.2 Å². The van der Waals surface area contributed by atoms with E-state index in [2.05, 4.69) is 0 Å². The van der Waals surface area contributed by atoms with Gasteiger partial charge in [-0.3, -0.25) is 4.79 Å². The zero-order chi connectivity index (χ0) is 20.6. The Morgan fingerprint density at radius 3 is 2.21 bits per heavy atom. The molecule has 1 aliphatic rings. The summed E-state index contributed by atoms with van der Waals surface area (Å²) in [4.78, 5) is 15.1. The molecule has 0 bridgehead atoms. The van der Waals surface area contributed by atoms with Crippen LogP contribution in [0.1, 0.15) is 42.8 Å². The van der Waals surface area contributed by atoms with E-state index in [1.807, 2.05) is 56.0 Å². The number of benzene rings is 2. The highest BCUT2D eigenvalue weighted by atomic mass is 16.5. The van der Waals surface area contributed by atoms with Crippen LogP contribution in [0.15, 0.2) is 42.5 Å². The molecule has 1 atom stereocenters. The lowest BCUT2D eigenvalue weighted by molar-refractivity contribution is -0.0228. The molecule has 6 heteroatoms. The topological polar surface area (TPSA) is 57.2 Å². The molecule has 2 aromatic rings. The molecular formula is C23H29NO5. The minimum atomic E-state index is -0.130. The summed E-state index contributed by atoms with van der Waals surface area (Å²) in [7, 11) is 0. The fourth-order valence-corrected chi connectivity index (χ4v) is 3.40. The molecule has 0 aromatic heterocycles.